The Bertz CT molecular complexity index is 522. The summed E-state index contributed by atoms with van der Waals surface area (Å²) in [6, 6.07) is 8.03. The third-order valence-corrected chi connectivity index (χ3v) is 3.50. The summed E-state index contributed by atoms with van der Waals surface area (Å²) in [5.74, 6) is 0.367. The second-order valence-electron chi connectivity index (χ2n) is 4.70. The summed E-state index contributed by atoms with van der Waals surface area (Å²) in [7, 11) is 0. The molecule has 2 aromatic rings. The van der Waals surface area contributed by atoms with Crippen LogP contribution >= 0.6 is 0 Å². The van der Waals surface area contributed by atoms with E-state index >= 15 is 0 Å². The molecule has 0 saturated heterocycles. The molecule has 18 heavy (non-hydrogen) atoms. The minimum Gasteiger partial charge on any atom is -0.508 e. The van der Waals surface area contributed by atoms with Crippen LogP contribution < -0.4 is 5.32 Å². The zero-order chi connectivity index (χ0) is 12.4. The van der Waals surface area contributed by atoms with E-state index in [1.54, 1.807) is 12.3 Å². The fraction of sp³-hybridized carbons (Fsp3) is 0.357. The molecule has 0 saturated carbocycles. The topological polar surface area (TPSA) is 50.1 Å². The zero-order valence-corrected chi connectivity index (χ0v) is 10.2. The van der Waals surface area contributed by atoms with Gasteiger partial charge in [0, 0.05) is 25.0 Å². The fourth-order valence-electron chi connectivity index (χ4n) is 2.60. The van der Waals surface area contributed by atoms with Crippen LogP contribution in [0.5, 0.6) is 5.75 Å². The van der Waals surface area contributed by atoms with E-state index in [0.29, 0.717) is 11.8 Å². The van der Waals surface area contributed by atoms with Crippen molar-refractivity contribution in [3.05, 3.63) is 47.8 Å². The molecule has 1 heterocycles. The Kier molecular flexibility index (Phi) is 3.02. The predicted octanol–water partition coefficient (Wildman–Crippen LogP) is 1.87. The maximum absolute atomic E-state index is 9.45. The van der Waals surface area contributed by atoms with E-state index in [2.05, 4.69) is 10.4 Å². The third-order valence-electron chi connectivity index (χ3n) is 3.50. The van der Waals surface area contributed by atoms with Crippen LogP contribution in [0.4, 0.5) is 0 Å². The number of aryl methyl sites for hydroxylation is 1. The van der Waals surface area contributed by atoms with Crippen LogP contribution in [0.2, 0.25) is 0 Å². The summed E-state index contributed by atoms with van der Waals surface area (Å²) >= 11 is 0. The Morgan fingerprint density at radius 2 is 2.39 bits per heavy atom. The Labute approximate surface area is 106 Å². The van der Waals surface area contributed by atoms with Gasteiger partial charge in [0.05, 0.1) is 6.54 Å². The number of fused-ring (bicyclic) bond motifs is 1. The van der Waals surface area contributed by atoms with Gasteiger partial charge in [0.15, 0.2) is 0 Å². The van der Waals surface area contributed by atoms with Gasteiger partial charge in [-0.05, 0) is 42.2 Å². The van der Waals surface area contributed by atoms with Crippen molar-refractivity contribution in [2.75, 3.05) is 6.54 Å². The van der Waals surface area contributed by atoms with E-state index < -0.39 is 0 Å². The van der Waals surface area contributed by atoms with Crippen LogP contribution in [0, 0.1) is 0 Å². The molecule has 4 heteroatoms. The highest BCUT2D eigenvalue weighted by molar-refractivity contribution is 5.39. The van der Waals surface area contributed by atoms with Crippen molar-refractivity contribution in [3.8, 4) is 5.75 Å². The molecule has 0 aliphatic heterocycles. The normalized spacial score (nSPS) is 17.9. The number of aromatic nitrogens is 2. The fourth-order valence-corrected chi connectivity index (χ4v) is 2.60. The van der Waals surface area contributed by atoms with Gasteiger partial charge in [-0.15, -0.1) is 0 Å². The number of hydrogen-bond acceptors (Lipinski definition) is 3. The zero-order valence-electron chi connectivity index (χ0n) is 10.2. The number of hydrogen-bond donors (Lipinski definition) is 2. The van der Waals surface area contributed by atoms with Gasteiger partial charge in [-0.3, -0.25) is 4.68 Å². The van der Waals surface area contributed by atoms with E-state index in [-0.39, 0.29) is 0 Å². The maximum atomic E-state index is 9.45. The first-order chi connectivity index (χ1) is 8.83. The van der Waals surface area contributed by atoms with Crippen LogP contribution in [-0.4, -0.2) is 21.4 Å². The van der Waals surface area contributed by atoms with Crippen LogP contribution in [0.15, 0.2) is 36.7 Å². The van der Waals surface area contributed by atoms with E-state index in [0.717, 1.165) is 25.9 Å². The standard InChI is InChI=1S/C14H17N3O/c18-12-3-4-13-11(10-12)2-5-14(13)15-7-9-17-8-1-6-16-17/h1,3-4,6,8,10,14-15,18H,2,5,7,9H2. The number of nitrogens with zero attached hydrogens (tertiary/aromatic N) is 2. The van der Waals surface area contributed by atoms with Gasteiger partial charge in [0.2, 0.25) is 0 Å². The smallest absolute Gasteiger partial charge is 0.115 e. The van der Waals surface area contributed by atoms with Crippen LogP contribution in [-0.2, 0) is 13.0 Å². The first kappa shape index (κ1) is 11.3. The SMILES string of the molecule is Oc1ccc2c(c1)CCC2NCCn1cccn1. The van der Waals surface area contributed by atoms with Crippen molar-refractivity contribution in [2.24, 2.45) is 0 Å². The molecule has 0 bridgehead atoms. The molecule has 3 rings (SSSR count). The van der Waals surface area contributed by atoms with Gasteiger partial charge >= 0.3 is 0 Å². The van der Waals surface area contributed by atoms with Gasteiger partial charge in [-0.1, -0.05) is 6.07 Å². The molecule has 1 aromatic carbocycles. The number of benzene rings is 1. The number of rotatable bonds is 4. The lowest BCUT2D eigenvalue weighted by Crippen LogP contribution is -2.24. The Hall–Kier alpha value is -1.81. The number of phenolic OH excluding ortho intramolecular Hbond substituents is 1. The van der Waals surface area contributed by atoms with Gasteiger partial charge in [-0.2, -0.15) is 5.10 Å². The Morgan fingerprint density at radius 1 is 1.44 bits per heavy atom. The third kappa shape index (κ3) is 2.24. The molecule has 2 N–H and O–H groups in total. The number of aromatic hydroxyl groups is 1. The molecule has 0 fully saturated rings. The first-order valence-electron chi connectivity index (χ1n) is 6.35. The lowest BCUT2D eigenvalue weighted by atomic mass is 10.1. The quantitative estimate of drug-likeness (QED) is 0.862. The van der Waals surface area contributed by atoms with Gasteiger partial charge < -0.3 is 10.4 Å². The molecule has 0 amide bonds. The molecule has 4 nitrogen and oxygen atoms in total. The van der Waals surface area contributed by atoms with E-state index in [1.165, 1.54) is 11.1 Å². The lowest BCUT2D eigenvalue weighted by molar-refractivity contribution is 0.474. The van der Waals surface area contributed by atoms with Crippen molar-refractivity contribution in [2.45, 2.75) is 25.4 Å². The molecular formula is C14H17N3O. The Morgan fingerprint density at radius 3 is 3.22 bits per heavy atom. The van der Waals surface area contributed by atoms with Crippen LogP contribution in [0.1, 0.15) is 23.6 Å². The van der Waals surface area contributed by atoms with Crippen molar-refractivity contribution in [1.82, 2.24) is 15.1 Å². The van der Waals surface area contributed by atoms with Gasteiger partial charge in [0.1, 0.15) is 5.75 Å². The van der Waals surface area contributed by atoms with Crippen LogP contribution in [0.3, 0.4) is 0 Å². The van der Waals surface area contributed by atoms with E-state index in [1.807, 2.05) is 29.1 Å². The van der Waals surface area contributed by atoms with Crippen molar-refractivity contribution in [3.63, 3.8) is 0 Å². The lowest BCUT2D eigenvalue weighted by Gasteiger charge is -2.14. The second-order valence-corrected chi connectivity index (χ2v) is 4.70. The highest BCUT2D eigenvalue weighted by Gasteiger charge is 2.21. The number of phenols is 1. The number of nitrogens with one attached hydrogen (secondary N) is 1. The average molecular weight is 243 g/mol. The van der Waals surface area contributed by atoms with E-state index in [4.69, 9.17) is 0 Å². The highest BCUT2D eigenvalue weighted by Crippen LogP contribution is 2.32. The molecule has 1 aromatic heterocycles. The summed E-state index contributed by atoms with van der Waals surface area (Å²) in [5.41, 5.74) is 2.60. The first-order valence-corrected chi connectivity index (χ1v) is 6.35. The minimum atomic E-state index is 0.367. The molecule has 0 radical (unpaired) electrons. The molecule has 0 spiro atoms. The van der Waals surface area contributed by atoms with Gasteiger partial charge in [0.25, 0.3) is 0 Å². The van der Waals surface area contributed by atoms with Crippen LogP contribution in [0.25, 0.3) is 0 Å². The maximum Gasteiger partial charge on any atom is 0.115 e. The molecule has 1 unspecified atom stereocenters. The largest absolute Gasteiger partial charge is 0.508 e. The molecule has 1 aliphatic carbocycles. The summed E-state index contributed by atoms with van der Waals surface area (Å²) in [5, 5.41) is 17.2. The van der Waals surface area contributed by atoms with E-state index in [9.17, 15) is 5.11 Å². The van der Waals surface area contributed by atoms with Crippen molar-refractivity contribution in [1.29, 1.82) is 0 Å². The van der Waals surface area contributed by atoms with Gasteiger partial charge in [-0.25, -0.2) is 0 Å². The summed E-state index contributed by atoms with van der Waals surface area (Å²) in [6.45, 7) is 1.80. The summed E-state index contributed by atoms with van der Waals surface area (Å²) in [6.07, 6.45) is 5.93. The average Bonchev–Trinajstić information content (AvgIpc) is 2.99. The highest BCUT2D eigenvalue weighted by atomic mass is 16.3. The molecule has 1 atom stereocenters. The minimum absolute atomic E-state index is 0.367. The predicted molar refractivity (Wildman–Crippen MR) is 69.4 cm³/mol. The molecule has 94 valence electrons. The van der Waals surface area contributed by atoms with Crippen molar-refractivity contribution >= 4 is 0 Å². The monoisotopic (exact) mass is 243 g/mol. The summed E-state index contributed by atoms with van der Waals surface area (Å²) in [4.78, 5) is 0. The molecule has 1 aliphatic rings. The second kappa shape index (κ2) is 4.82. The summed E-state index contributed by atoms with van der Waals surface area (Å²) < 4.78 is 1.93. The Balaban J connectivity index is 1.59. The molecular weight excluding hydrogens is 226 g/mol. The van der Waals surface area contributed by atoms with Crippen molar-refractivity contribution < 1.29 is 5.11 Å².